The Morgan fingerprint density at radius 3 is 2.16 bits per heavy atom. The van der Waals surface area contributed by atoms with Crippen molar-refractivity contribution in [3.63, 3.8) is 0 Å². The highest BCUT2D eigenvalue weighted by atomic mass is 19.4. The van der Waals surface area contributed by atoms with Gasteiger partial charge in [-0.05, 0) is 24.6 Å². The maximum Gasteiger partial charge on any atom is 0.416 e. The predicted octanol–water partition coefficient (Wildman–Crippen LogP) is 5.37. The second kappa shape index (κ2) is 8.51. The summed E-state index contributed by atoms with van der Waals surface area (Å²) in [5.74, 6) is -2.45. The van der Waals surface area contributed by atoms with Gasteiger partial charge in [0, 0.05) is 37.2 Å². The van der Waals surface area contributed by atoms with Crippen LogP contribution in [0.5, 0.6) is 0 Å². The van der Waals surface area contributed by atoms with Crippen molar-refractivity contribution in [2.75, 3.05) is 0 Å². The van der Waals surface area contributed by atoms with E-state index in [2.05, 4.69) is 4.99 Å². The van der Waals surface area contributed by atoms with Crippen LogP contribution in [0.3, 0.4) is 0 Å². The number of carbonyl (C=O) groups is 1. The summed E-state index contributed by atoms with van der Waals surface area (Å²) in [5.41, 5.74) is -2.02. The standard InChI is InChI=1S/C20H22F7N3O/c1-18(2,3)15-11-16(30(29(15)4)9-5-8-19(22,23)24)28-17(31)13-10-12(20(25,26)27)6-7-14(13)21/h6-7,10-11H,5,8-9H2,1-4H3/b28-16+. The maximum absolute atomic E-state index is 14.0. The first-order valence-electron chi connectivity index (χ1n) is 9.30. The van der Waals surface area contributed by atoms with Crippen LogP contribution in [0.25, 0.3) is 0 Å². The van der Waals surface area contributed by atoms with Gasteiger partial charge in [0.2, 0.25) is 0 Å². The number of benzene rings is 1. The van der Waals surface area contributed by atoms with Crippen LogP contribution in [0.2, 0.25) is 0 Å². The summed E-state index contributed by atoms with van der Waals surface area (Å²) in [6, 6.07) is 2.85. The molecule has 0 N–H and O–H groups in total. The lowest BCUT2D eigenvalue weighted by Gasteiger charge is -2.20. The van der Waals surface area contributed by atoms with Gasteiger partial charge in [0.1, 0.15) is 5.82 Å². The number of amides is 1. The molecule has 0 radical (unpaired) electrons. The van der Waals surface area contributed by atoms with Gasteiger partial charge in [0.25, 0.3) is 5.91 Å². The van der Waals surface area contributed by atoms with Crippen molar-refractivity contribution in [3.8, 4) is 0 Å². The average molecular weight is 453 g/mol. The van der Waals surface area contributed by atoms with Crippen molar-refractivity contribution in [2.24, 2.45) is 12.0 Å². The lowest BCUT2D eigenvalue weighted by Crippen LogP contribution is -2.26. The van der Waals surface area contributed by atoms with Gasteiger partial charge in [-0.15, -0.1) is 0 Å². The molecule has 2 rings (SSSR count). The van der Waals surface area contributed by atoms with Gasteiger partial charge in [0.15, 0.2) is 5.49 Å². The highest BCUT2D eigenvalue weighted by molar-refractivity contribution is 5.95. The minimum absolute atomic E-state index is 0.0728. The van der Waals surface area contributed by atoms with Gasteiger partial charge in [-0.25, -0.2) is 4.39 Å². The van der Waals surface area contributed by atoms with Crippen molar-refractivity contribution in [2.45, 2.75) is 57.9 Å². The molecule has 0 aliphatic heterocycles. The van der Waals surface area contributed by atoms with Gasteiger partial charge in [-0.3, -0.25) is 14.2 Å². The summed E-state index contributed by atoms with van der Waals surface area (Å²) in [5, 5.41) is 0. The van der Waals surface area contributed by atoms with E-state index in [-0.39, 0.29) is 18.5 Å². The number of hydrogen-bond donors (Lipinski definition) is 0. The van der Waals surface area contributed by atoms with Gasteiger partial charge in [-0.2, -0.15) is 31.3 Å². The predicted molar refractivity (Wildman–Crippen MR) is 98.7 cm³/mol. The molecule has 0 saturated heterocycles. The zero-order valence-electron chi connectivity index (χ0n) is 17.3. The Labute approximate surface area is 174 Å². The number of nitrogens with zero attached hydrogens (tertiary/aromatic N) is 3. The highest BCUT2D eigenvalue weighted by Gasteiger charge is 2.32. The fraction of sp³-hybridized carbons (Fsp3) is 0.500. The van der Waals surface area contributed by atoms with E-state index in [1.807, 2.05) is 20.8 Å². The lowest BCUT2D eigenvalue weighted by molar-refractivity contribution is -0.138. The molecule has 0 spiro atoms. The normalized spacial score (nSPS) is 13.7. The van der Waals surface area contributed by atoms with Crippen molar-refractivity contribution >= 4 is 5.91 Å². The molecule has 172 valence electrons. The van der Waals surface area contributed by atoms with Crippen LogP contribution < -0.4 is 5.49 Å². The molecule has 0 aliphatic rings. The fourth-order valence-electron chi connectivity index (χ4n) is 3.09. The molecule has 1 aromatic heterocycles. The Bertz CT molecular complexity index is 1020. The third-order valence-electron chi connectivity index (χ3n) is 4.58. The summed E-state index contributed by atoms with van der Waals surface area (Å²) in [7, 11) is 1.57. The molecular weight excluding hydrogens is 431 g/mol. The molecule has 0 aliphatic carbocycles. The Morgan fingerprint density at radius 2 is 1.65 bits per heavy atom. The smallest absolute Gasteiger partial charge is 0.291 e. The van der Waals surface area contributed by atoms with Crippen LogP contribution in [0.4, 0.5) is 30.7 Å². The molecule has 1 amide bonds. The van der Waals surface area contributed by atoms with Crippen molar-refractivity contribution in [3.05, 3.63) is 52.4 Å². The summed E-state index contributed by atoms with van der Waals surface area (Å²) in [6.07, 6.45) is -10.5. The summed E-state index contributed by atoms with van der Waals surface area (Å²) in [4.78, 5) is 16.2. The molecule has 1 aromatic carbocycles. The zero-order valence-corrected chi connectivity index (χ0v) is 17.3. The fourth-order valence-corrected chi connectivity index (χ4v) is 3.09. The van der Waals surface area contributed by atoms with Crippen molar-refractivity contribution < 1.29 is 35.5 Å². The molecule has 31 heavy (non-hydrogen) atoms. The Kier molecular flexibility index (Phi) is 6.77. The maximum atomic E-state index is 14.0. The molecule has 11 heteroatoms. The second-order valence-electron chi connectivity index (χ2n) is 8.11. The van der Waals surface area contributed by atoms with E-state index >= 15 is 0 Å². The topological polar surface area (TPSA) is 39.3 Å². The van der Waals surface area contributed by atoms with Crippen LogP contribution in [0.15, 0.2) is 29.3 Å². The molecule has 2 aromatic rings. The van der Waals surface area contributed by atoms with E-state index in [0.29, 0.717) is 23.9 Å². The van der Waals surface area contributed by atoms with Crippen LogP contribution in [-0.4, -0.2) is 21.4 Å². The summed E-state index contributed by atoms with van der Waals surface area (Å²) < 4.78 is 93.2. The van der Waals surface area contributed by atoms with E-state index in [0.717, 1.165) is 0 Å². The third kappa shape index (κ3) is 6.20. The largest absolute Gasteiger partial charge is 0.416 e. The average Bonchev–Trinajstić information content (AvgIpc) is 2.89. The summed E-state index contributed by atoms with van der Waals surface area (Å²) >= 11 is 0. The molecule has 0 fully saturated rings. The van der Waals surface area contributed by atoms with Crippen molar-refractivity contribution in [1.82, 2.24) is 9.36 Å². The Balaban J connectivity index is 2.54. The number of carbonyl (C=O) groups excluding carboxylic acids is 1. The van der Waals surface area contributed by atoms with Gasteiger partial charge in [0.05, 0.1) is 11.1 Å². The first-order valence-corrected chi connectivity index (χ1v) is 9.30. The van der Waals surface area contributed by atoms with Gasteiger partial charge >= 0.3 is 12.4 Å². The minimum atomic E-state index is -4.79. The highest BCUT2D eigenvalue weighted by Crippen LogP contribution is 2.30. The van der Waals surface area contributed by atoms with E-state index in [1.54, 1.807) is 7.05 Å². The van der Waals surface area contributed by atoms with E-state index in [9.17, 15) is 35.5 Å². The molecule has 4 nitrogen and oxygen atoms in total. The molecule has 0 bridgehead atoms. The zero-order chi connectivity index (χ0) is 23.8. The van der Waals surface area contributed by atoms with Crippen molar-refractivity contribution in [1.29, 1.82) is 0 Å². The Morgan fingerprint density at radius 1 is 1.03 bits per heavy atom. The molecular formula is C20H22F7N3O. The third-order valence-corrected chi connectivity index (χ3v) is 4.58. The lowest BCUT2D eigenvalue weighted by atomic mass is 9.92. The molecule has 0 unspecified atom stereocenters. The summed E-state index contributed by atoms with van der Waals surface area (Å²) in [6.45, 7) is 5.35. The molecule has 1 heterocycles. The monoisotopic (exact) mass is 453 g/mol. The number of rotatable bonds is 4. The second-order valence-corrected chi connectivity index (χ2v) is 8.11. The number of halogens is 7. The van der Waals surface area contributed by atoms with Crippen LogP contribution in [0, 0.1) is 5.82 Å². The van der Waals surface area contributed by atoms with Gasteiger partial charge in [-0.1, -0.05) is 20.8 Å². The van der Waals surface area contributed by atoms with Gasteiger partial charge < -0.3 is 0 Å². The van der Waals surface area contributed by atoms with Crippen LogP contribution >= 0.6 is 0 Å². The molecule has 0 saturated carbocycles. The molecule has 0 atom stereocenters. The first kappa shape index (κ1) is 24.7. The number of hydrogen-bond acceptors (Lipinski definition) is 1. The number of aromatic nitrogens is 2. The van der Waals surface area contributed by atoms with E-state index in [1.165, 1.54) is 15.4 Å². The van der Waals surface area contributed by atoms with Crippen LogP contribution in [0.1, 0.15) is 55.2 Å². The quantitative estimate of drug-likeness (QED) is 0.574. The Hall–Kier alpha value is -2.59. The SMILES string of the molecule is Cn1c(C(C)(C)C)c/c(=N\C(=O)c2cc(C(F)(F)F)ccc2F)n1CCCC(F)(F)F. The minimum Gasteiger partial charge on any atom is -0.291 e. The number of alkyl halides is 6. The van der Waals surface area contributed by atoms with E-state index < -0.39 is 47.0 Å². The van der Waals surface area contributed by atoms with Crippen LogP contribution in [-0.2, 0) is 25.2 Å². The van der Waals surface area contributed by atoms with E-state index in [4.69, 9.17) is 0 Å². The first-order chi connectivity index (χ1) is 14.0.